The molecule has 0 unspecified atom stereocenters. The zero-order valence-corrected chi connectivity index (χ0v) is 11.8. The van der Waals surface area contributed by atoms with E-state index in [1.54, 1.807) is 0 Å². The molecule has 2 aliphatic heterocycles. The van der Waals surface area contributed by atoms with Crippen molar-refractivity contribution in [3.05, 3.63) is 18.2 Å². The third-order valence-corrected chi connectivity index (χ3v) is 4.33. The molecule has 0 saturated carbocycles. The molecule has 2 saturated heterocycles. The van der Waals surface area contributed by atoms with Crippen molar-refractivity contribution in [3.63, 3.8) is 0 Å². The van der Waals surface area contributed by atoms with E-state index in [9.17, 15) is 4.39 Å². The number of halogens is 1. The van der Waals surface area contributed by atoms with Crippen molar-refractivity contribution in [1.82, 2.24) is 9.88 Å². The predicted molar refractivity (Wildman–Crippen MR) is 76.2 cm³/mol. The molecular formula is C14H21FN4O. The molecule has 0 amide bonds. The molecule has 2 N–H and O–H groups in total. The summed E-state index contributed by atoms with van der Waals surface area (Å²) >= 11 is 0. The van der Waals surface area contributed by atoms with Gasteiger partial charge in [0.15, 0.2) is 5.82 Å². The number of hydrogen-bond donors (Lipinski definition) is 1. The van der Waals surface area contributed by atoms with Gasteiger partial charge in [-0.25, -0.2) is 4.39 Å². The number of hydrogen-bond acceptors (Lipinski definition) is 5. The van der Waals surface area contributed by atoms with Gasteiger partial charge in [-0.15, -0.1) is 0 Å². The molecule has 0 radical (unpaired) electrons. The summed E-state index contributed by atoms with van der Waals surface area (Å²) in [6.07, 6.45) is 4.53. The summed E-state index contributed by atoms with van der Waals surface area (Å²) in [6, 6.07) is 0. The second kappa shape index (κ2) is 5.18. The van der Waals surface area contributed by atoms with Crippen molar-refractivity contribution < 1.29 is 9.13 Å². The lowest BCUT2D eigenvalue weighted by Crippen LogP contribution is -2.56. The lowest BCUT2D eigenvalue weighted by Gasteiger charge is -2.47. The van der Waals surface area contributed by atoms with Crippen LogP contribution in [0.1, 0.15) is 12.8 Å². The fourth-order valence-electron chi connectivity index (χ4n) is 3.25. The van der Waals surface area contributed by atoms with Gasteiger partial charge < -0.3 is 20.3 Å². The summed E-state index contributed by atoms with van der Waals surface area (Å²) in [6.45, 7) is 4.24. The molecule has 1 aromatic heterocycles. The standard InChI is InChI=1S/C14H21FN4O/c1-18-6-7-20-14(10-18)2-4-19(5-3-14)13-11(15)8-17-9-12(13)16/h8-9H,2-7,10,16H2,1H3. The first-order chi connectivity index (χ1) is 9.60. The quantitative estimate of drug-likeness (QED) is 0.835. The molecule has 20 heavy (non-hydrogen) atoms. The Bertz CT molecular complexity index is 468. The Kier molecular flexibility index (Phi) is 3.52. The molecule has 5 nitrogen and oxygen atoms in total. The van der Waals surface area contributed by atoms with Crippen molar-refractivity contribution >= 4 is 11.4 Å². The fraction of sp³-hybridized carbons (Fsp3) is 0.643. The Labute approximate surface area is 118 Å². The molecule has 0 aliphatic carbocycles. The molecule has 0 aromatic carbocycles. The minimum absolute atomic E-state index is 0.0677. The van der Waals surface area contributed by atoms with Crippen LogP contribution in [0.15, 0.2) is 12.4 Å². The van der Waals surface area contributed by atoms with Crippen LogP contribution in [0, 0.1) is 5.82 Å². The van der Waals surface area contributed by atoms with Crippen LogP contribution in [-0.2, 0) is 4.74 Å². The first-order valence-corrected chi connectivity index (χ1v) is 7.06. The molecule has 3 rings (SSSR count). The highest BCUT2D eigenvalue weighted by Gasteiger charge is 2.39. The Morgan fingerprint density at radius 3 is 2.70 bits per heavy atom. The number of aromatic nitrogens is 1. The number of nitrogen functional groups attached to an aromatic ring is 1. The molecule has 0 bridgehead atoms. The van der Waals surface area contributed by atoms with E-state index in [1.165, 1.54) is 12.4 Å². The second-order valence-corrected chi connectivity index (χ2v) is 5.82. The topological polar surface area (TPSA) is 54.6 Å². The molecule has 2 fully saturated rings. The van der Waals surface area contributed by atoms with Gasteiger partial charge in [-0.3, -0.25) is 4.98 Å². The molecule has 110 valence electrons. The van der Waals surface area contributed by atoms with Crippen molar-refractivity contribution in [2.45, 2.75) is 18.4 Å². The third-order valence-electron chi connectivity index (χ3n) is 4.33. The average Bonchev–Trinajstić information content (AvgIpc) is 2.41. The van der Waals surface area contributed by atoms with Crippen LogP contribution in [0.4, 0.5) is 15.8 Å². The average molecular weight is 280 g/mol. The summed E-state index contributed by atoms with van der Waals surface area (Å²) in [5.74, 6) is -0.345. The van der Waals surface area contributed by atoms with Crippen LogP contribution in [0.3, 0.4) is 0 Å². The number of nitrogens with two attached hydrogens (primary N) is 1. The van der Waals surface area contributed by atoms with E-state index in [0.29, 0.717) is 11.4 Å². The van der Waals surface area contributed by atoms with E-state index < -0.39 is 0 Å². The number of piperidine rings is 1. The SMILES string of the molecule is CN1CCOC2(CCN(c3c(N)cncc3F)CC2)C1. The van der Waals surface area contributed by atoms with Gasteiger partial charge in [0.05, 0.1) is 36.0 Å². The number of ether oxygens (including phenoxy) is 1. The van der Waals surface area contributed by atoms with Crippen LogP contribution < -0.4 is 10.6 Å². The first kappa shape index (κ1) is 13.6. The molecule has 0 atom stereocenters. The van der Waals surface area contributed by atoms with Gasteiger partial charge in [0.1, 0.15) is 0 Å². The molecule has 2 aliphatic rings. The zero-order chi connectivity index (χ0) is 14.2. The number of nitrogens with zero attached hydrogens (tertiary/aromatic N) is 3. The maximum Gasteiger partial charge on any atom is 0.166 e. The van der Waals surface area contributed by atoms with Crippen LogP contribution in [0.2, 0.25) is 0 Å². The van der Waals surface area contributed by atoms with E-state index >= 15 is 0 Å². The number of morpholine rings is 1. The predicted octanol–water partition coefficient (Wildman–Crippen LogP) is 1.10. The van der Waals surface area contributed by atoms with Gasteiger partial charge in [-0.2, -0.15) is 0 Å². The minimum atomic E-state index is -0.345. The van der Waals surface area contributed by atoms with Crippen LogP contribution in [0.25, 0.3) is 0 Å². The number of pyridine rings is 1. The van der Waals surface area contributed by atoms with Crippen molar-refractivity contribution in [1.29, 1.82) is 0 Å². The van der Waals surface area contributed by atoms with Gasteiger partial charge in [0, 0.05) is 26.2 Å². The molecule has 3 heterocycles. The van der Waals surface area contributed by atoms with Gasteiger partial charge in [-0.05, 0) is 19.9 Å². The minimum Gasteiger partial charge on any atom is -0.396 e. The Morgan fingerprint density at radius 2 is 2.05 bits per heavy atom. The maximum absolute atomic E-state index is 13.9. The number of rotatable bonds is 1. The Morgan fingerprint density at radius 1 is 1.30 bits per heavy atom. The summed E-state index contributed by atoms with van der Waals surface area (Å²) in [5.41, 5.74) is 6.68. The number of anilines is 2. The lowest BCUT2D eigenvalue weighted by atomic mass is 9.89. The maximum atomic E-state index is 13.9. The smallest absolute Gasteiger partial charge is 0.166 e. The van der Waals surface area contributed by atoms with Crippen LogP contribution >= 0.6 is 0 Å². The third kappa shape index (κ3) is 2.45. The van der Waals surface area contributed by atoms with Gasteiger partial charge in [-0.1, -0.05) is 0 Å². The van der Waals surface area contributed by atoms with Crippen molar-refractivity contribution in [2.24, 2.45) is 0 Å². The first-order valence-electron chi connectivity index (χ1n) is 7.06. The monoisotopic (exact) mass is 280 g/mol. The zero-order valence-electron chi connectivity index (χ0n) is 11.8. The van der Waals surface area contributed by atoms with Gasteiger partial charge in [0.2, 0.25) is 0 Å². The normalized spacial score (nSPS) is 23.2. The van der Waals surface area contributed by atoms with E-state index in [0.717, 1.165) is 45.6 Å². The fourth-order valence-corrected chi connectivity index (χ4v) is 3.25. The van der Waals surface area contributed by atoms with Crippen LogP contribution in [0.5, 0.6) is 0 Å². The van der Waals surface area contributed by atoms with Crippen molar-refractivity contribution in [2.75, 3.05) is 50.5 Å². The molecule has 6 heteroatoms. The Hall–Kier alpha value is -1.40. The summed E-state index contributed by atoms with van der Waals surface area (Å²) < 4.78 is 19.9. The molecular weight excluding hydrogens is 259 g/mol. The van der Waals surface area contributed by atoms with Gasteiger partial charge in [0.25, 0.3) is 0 Å². The van der Waals surface area contributed by atoms with E-state index in [-0.39, 0.29) is 11.4 Å². The molecule has 1 aromatic rings. The highest BCUT2D eigenvalue weighted by Crippen LogP contribution is 2.34. The van der Waals surface area contributed by atoms with E-state index in [2.05, 4.69) is 16.9 Å². The largest absolute Gasteiger partial charge is 0.396 e. The summed E-state index contributed by atoms with van der Waals surface area (Å²) in [4.78, 5) is 8.09. The second-order valence-electron chi connectivity index (χ2n) is 5.82. The highest BCUT2D eigenvalue weighted by molar-refractivity contribution is 5.67. The molecule has 1 spiro atoms. The van der Waals surface area contributed by atoms with E-state index in [4.69, 9.17) is 10.5 Å². The summed E-state index contributed by atoms with van der Waals surface area (Å²) in [5, 5.41) is 0. The Balaban J connectivity index is 1.72. The van der Waals surface area contributed by atoms with Gasteiger partial charge >= 0.3 is 0 Å². The highest BCUT2D eigenvalue weighted by atomic mass is 19.1. The lowest BCUT2D eigenvalue weighted by molar-refractivity contribution is -0.115. The van der Waals surface area contributed by atoms with Crippen LogP contribution in [-0.4, -0.2) is 55.3 Å². The van der Waals surface area contributed by atoms with E-state index in [1.807, 2.05) is 4.90 Å². The van der Waals surface area contributed by atoms with Crippen molar-refractivity contribution in [3.8, 4) is 0 Å². The summed E-state index contributed by atoms with van der Waals surface area (Å²) in [7, 11) is 2.12. The number of likely N-dealkylation sites (N-methyl/N-ethyl adjacent to an activating group) is 1.